The second kappa shape index (κ2) is 6.29. The second-order valence-electron chi connectivity index (χ2n) is 4.87. The van der Waals surface area contributed by atoms with Gasteiger partial charge < -0.3 is 10.6 Å². The molecule has 0 aromatic carbocycles. The molecule has 0 atom stereocenters. The zero-order valence-electron chi connectivity index (χ0n) is 10.9. The topological polar surface area (TPSA) is 59.2 Å². The quantitative estimate of drug-likeness (QED) is 0.908. The predicted octanol–water partition coefficient (Wildman–Crippen LogP) is 2.05. The van der Waals surface area contributed by atoms with Gasteiger partial charge in [0.25, 0.3) is 5.91 Å². The first-order valence-corrected chi connectivity index (χ1v) is 7.52. The molecule has 1 aliphatic carbocycles. The van der Waals surface area contributed by atoms with Gasteiger partial charge in [0.1, 0.15) is 5.69 Å². The number of aromatic nitrogens is 1. The fraction of sp³-hybridized carbons (Fsp3) is 0.692. The van der Waals surface area contributed by atoms with Gasteiger partial charge in [0.15, 0.2) is 0 Å². The summed E-state index contributed by atoms with van der Waals surface area (Å²) >= 11 is 1.53. The molecule has 2 N–H and O–H groups in total. The molecule has 0 spiro atoms. The molecule has 1 aromatic heterocycles. The number of carbonyl (C=O) groups is 1. The smallest absolute Gasteiger partial charge is 0.273 e. The van der Waals surface area contributed by atoms with Gasteiger partial charge in [0.05, 0.1) is 5.01 Å². The number of nitrogens with zero attached hydrogens (tertiary/aromatic N) is 2. The van der Waals surface area contributed by atoms with Gasteiger partial charge in [-0.1, -0.05) is 19.3 Å². The van der Waals surface area contributed by atoms with Crippen LogP contribution in [0.2, 0.25) is 0 Å². The highest BCUT2D eigenvalue weighted by Crippen LogP contribution is 2.23. The first-order valence-electron chi connectivity index (χ1n) is 6.64. The minimum Gasteiger partial charge on any atom is -0.337 e. The van der Waals surface area contributed by atoms with Crippen molar-refractivity contribution in [2.45, 2.75) is 44.6 Å². The van der Waals surface area contributed by atoms with E-state index in [9.17, 15) is 4.79 Å². The van der Waals surface area contributed by atoms with E-state index < -0.39 is 0 Å². The molecule has 5 heteroatoms. The summed E-state index contributed by atoms with van der Waals surface area (Å²) in [7, 11) is 1.90. The fourth-order valence-electron chi connectivity index (χ4n) is 2.46. The van der Waals surface area contributed by atoms with Gasteiger partial charge in [-0.3, -0.25) is 4.79 Å². The van der Waals surface area contributed by atoms with Gasteiger partial charge in [-0.05, 0) is 19.4 Å². The highest BCUT2D eigenvalue weighted by Gasteiger charge is 2.24. The Labute approximate surface area is 112 Å². The average Bonchev–Trinajstić information content (AvgIpc) is 2.87. The summed E-state index contributed by atoms with van der Waals surface area (Å²) in [5.74, 6) is 0.0569. The first-order chi connectivity index (χ1) is 8.72. The van der Waals surface area contributed by atoms with E-state index in [4.69, 9.17) is 5.73 Å². The fourth-order valence-corrected chi connectivity index (χ4v) is 3.25. The third kappa shape index (κ3) is 3.09. The highest BCUT2D eigenvalue weighted by molar-refractivity contribution is 7.09. The maximum absolute atomic E-state index is 12.3. The third-order valence-corrected chi connectivity index (χ3v) is 4.48. The largest absolute Gasteiger partial charge is 0.337 e. The van der Waals surface area contributed by atoms with E-state index in [-0.39, 0.29) is 5.91 Å². The van der Waals surface area contributed by atoms with Crippen molar-refractivity contribution in [3.63, 3.8) is 0 Å². The lowest BCUT2D eigenvalue weighted by Gasteiger charge is -2.30. The molecule has 100 valence electrons. The number of hydrogen-bond donors (Lipinski definition) is 1. The molecule has 1 saturated carbocycles. The van der Waals surface area contributed by atoms with Gasteiger partial charge in [-0.2, -0.15) is 0 Å². The van der Waals surface area contributed by atoms with Crippen LogP contribution in [0.1, 0.15) is 47.6 Å². The van der Waals surface area contributed by atoms with Gasteiger partial charge in [-0.15, -0.1) is 11.3 Å². The number of hydrogen-bond acceptors (Lipinski definition) is 4. The minimum atomic E-state index is 0.0569. The van der Waals surface area contributed by atoms with E-state index in [1.54, 1.807) is 0 Å². The Balaban J connectivity index is 2.00. The Bertz CT molecular complexity index is 399. The average molecular weight is 267 g/mol. The van der Waals surface area contributed by atoms with Crippen LogP contribution in [0.4, 0.5) is 0 Å². The Morgan fingerprint density at radius 1 is 1.50 bits per heavy atom. The van der Waals surface area contributed by atoms with Crippen LogP contribution in [-0.2, 0) is 6.42 Å². The van der Waals surface area contributed by atoms with Crippen molar-refractivity contribution in [1.82, 2.24) is 9.88 Å². The van der Waals surface area contributed by atoms with E-state index in [1.165, 1.54) is 30.6 Å². The van der Waals surface area contributed by atoms with E-state index in [2.05, 4.69) is 4.98 Å². The van der Waals surface area contributed by atoms with Gasteiger partial charge in [-0.25, -0.2) is 4.98 Å². The Morgan fingerprint density at radius 3 is 2.89 bits per heavy atom. The van der Waals surface area contributed by atoms with Crippen molar-refractivity contribution < 1.29 is 4.79 Å². The molecule has 1 fully saturated rings. The van der Waals surface area contributed by atoms with E-state index in [1.807, 2.05) is 17.3 Å². The van der Waals surface area contributed by atoms with Gasteiger partial charge >= 0.3 is 0 Å². The van der Waals surface area contributed by atoms with Gasteiger partial charge in [0, 0.05) is 24.9 Å². The molecular weight excluding hydrogens is 246 g/mol. The Hall–Kier alpha value is -0.940. The standard InChI is InChI=1S/C13H21N3OS/c1-16(10-5-3-2-4-6-10)13(17)11-9-18-12(15-11)7-8-14/h9-10H,2-8,14H2,1H3. The molecule has 0 aliphatic heterocycles. The van der Waals surface area contributed by atoms with Crippen LogP contribution >= 0.6 is 11.3 Å². The second-order valence-corrected chi connectivity index (χ2v) is 5.82. The maximum Gasteiger partial charge on any atom is 0.273 e. The predicted molar refractivity (Wildman–Crippen MR) is 73.8 cm³/mol. The highest BCUT2D eigenvalue weighted by atomic mass is 32.1. The number of thiazole rings is 1. The lowest BCUT2D eigenvalue weighted by molar-refractivity contribution is 0.0691. The molecule has 4 nitrogen and oxygen atoms in total. The zero-order valence-corrected chi connectivity index (χ0v) is 11.7. The number of nitrogens with two attached hydrogens (primary N) is 1. The monoisotopic (exact) mass is 267 g/mol. The molecule has 1 amide bonds. The molecule has 1 aliphatic rings. The number of rotatable bonds is 4. The Kier molecular flexibility index (Phi) is 4.72. The summed E-state index contributed by atoms with van der Waals surface area (Å²) in [6, 6.07) is 0.394. The molecule has 1 heterocycles. The molecule has 1 aromatic rings. The molecule has 18 heavy (non-hydrogen) atoms. The van der Waals surface area contributed by atoms with Crippen LogP contribution in [0.25, 0.3) is 0 Å². The molecule has 0 bridgehead atoms. The zero-order chi connectivity index (χ0) is 13.0. The van der Waals surface area contributed by atoms with Gasteiger partial charge in [0.2, 0.25) is 0 Å². The van der Waals surface area contributed by atoms with Crippen molar-refractivity contribution >= 4 is 17.2 Å². The van der Waals surface area contributed by atoms with Crippen LogP contribution in [-0.4, -0.2) is 35.4 Å². The number of carbonyl (C=O) groups excluding carboxylic acids is 1. The third-order valence-electron chi connectivity index (χ3n) is 3.57. The minimum absolute atomic E-state index is 0.0569. The van der Waals surface area contributed by atoms with E-state index in [0.717, 1.165) is 24.3 Å². The summed E-state index contributed by atoms with van der Waals surface area (Å²) in [6.45, 7) is 0.583. The molecular formula is C13H21N3OS. The Morgan fingerprint density at radius 2 is 2.22 bits per heavy atom. The lowest BCUT2D eigenvalue weighted by Crippen LogP contribution is -2.38. The first kappa shape index (κ1) is 13.5. The lowest BCUT2D eigenvalue weighted by atomic mass is 9.94. The van der Waals surface area contributed by atoms with Crippen molar-refractivity contribution in [3.05, 3.63) is 16.1 Å². The van der Waals surface area contributed by atoms with Crippen LogP contribution in [0.5, 0.6) is 0 Å². The number of amides is 1. The summed E-state index contributed by atoms with van der Waals surface area (Å²) in [5.41, 5.74) is 6.07. The van der Waals surface area contributed by atoms with Crippen molar-refractivity contribution in [3.8, 4) is 0 Å². The molecule has 0 saturated heterocycles. The molecule has 0 unspecified atom stereocenters. The van der Waals surface area contributed by atoms with Crippen LogP contribution < -0.4 is 5.73 Å². The van der Waals surface area contributed by atoms with Crippen LogP contribution in [0, 0.1) is 0 Å². The van der Waals surface area contributed by atoms with Crippen LogP contribution in [0.15, 0.2) is 5.38 Å². The summed E-state index contributed by atoms with van der Waals surface area (Å²) in [6.07, 6.45) is 6.78. The SMILES string of the molecule is CN(C(=O)c1csc(CCN)n1)C1CCCCC1. The van der Waals surface area contributed by atoms with Crippen molar-refractivity contribution in [2.24, 2.45) is 5.73 Å². The van der Waals surface area contributed by atoms with Crippen LogP contribution in [0.3, 0.4) is 0 Å². The summed E-state index contributed by atoms with van der Waals surface area (Å²) in [5, 5.41) is 2.81. The normalized spacial score (nSPS) is 16.8. The molecule has 0 radical (unpaired) electrons. The van der Waals surface area contributed by atoms with Crippen molar-refractivity contribution in [1.29, 1.82) is 0 Å². The van der Waals surface area contributed by atoms with E-state index >= 15 is 0 Å². The maximum atomic E-state index is 12.3. The van der Waals surface area contributed by atoms with E-state index in [0.29, 0.717) is 18.3 Å². The molecule has 2 rings (SSSR count). The van der Waals surface area contributed by atoms with Crippen molar-refractivity contribution in [2.75, 3.05) is 13.6 Å². The summed E-state index contributed by atoms with van der Waals surface area (Å²) < 4.78 is 0. The summed E-state index contributed by atoms with van der Waals surface area (Å²) in [4.78, 5) is 18.5.